The van der Waals surface area contributed by atoms with Crippen molar-refractivity contribution in [2.45, 2.75) is 96.8 Å². The molecule has 59 heavy (non-hydrogen) atoms. The van der Waals surface area contributed by atoms with Gasteiger partial charge in [-0.25, -0.2) is 0 Å². The molecule has 3 aliphatic rings. The molecule has 7 heteroatoms. The Balaban J connectivity index is 1.21. The van der Waals surface area contributed by atoms with Crippen LogP contribution in [0.15, 0.2) is 72.8 Å². The SMILES string of the molecule is CCCCCCCCCCCCN1C(=O)c2c3c(c4c(c2C1=O)CCc1cc(-c2ccc(OC)cc2)c(OC)cc1-4)-c1cc(OC)c(-c2ccc(OC)cc2)cc1CC3. The van der Waals surface area contributed by atoms with E-state index in [-0.39, 0.29) is 11.8 Å². The van der Waals surface area contributed by atoms with Crippen LogP contribution in [-0.4, -0.2) is 51.7 Å². The van der Waals surface area contributed by atoms with Crippen LogP contribution in [-0.2, 0) is 25.7 Å². The summed E-state index contributed by atoms with van der Waals surface area (Å²) in [6, 6.07) is 24.9. The van der Waals surface area contributed by atoms with E-state index in [0.29, 0.717) is 30.5 Å². The van der Waals surface area contributed by atoms with Crippen molar-refractivity contribution < 1.29 is 28.5 Å². The number of carbonyl (C=O) groups excluding carboxylic acids is 2. The number of aryl methyl sites for hydroxylation is 2. The Morgan fingerprint density at radius 1 is 0.458 bits per heavy atom. The third kappa shape index (κ3) is 7.61. The number of ether oxygens (including phenoxy) is 4. The first-order valence-corrected chi connectivity index (χ1v) is 21.7. The van der Waals surface area contributed by atoms with Gasteiger partial charge in [-0.2, -0.15) is 0 Å². The fourth-order valence-electron chi connectivity index (χ4n) is 9.72. The van der Waals surface area contributed by atoms with E-state index in [4.69, 9.17) is 18.9 Å². The van der Waals surface area contributed by atoms with Gasteiger partial charge in [-0.3, -0.25) is 14.5 Å². The molecule has 7 nitrogen and oxygen atoms in total. The molecule has 1 aliphatic heterocycles. The molecule has 0 saturated heterocycles. The molecule has 0 spiro atoms. The Bertz CT molecular complexity index is 2210. The van der Waals surface area contributed by atoms with E-state index < -0.39 is 0 Å². The normalized spacial score (nSPS) is 13.7. The number of methoxy groups -OCH3 is 4. The minimum atomic E-state index is -0.136. The second-order valence-corrected chi connectivity index (χ2v) is 16.3. The zero-order valence-electron chi connectivity index (χ0n) is 35.4. The molecule has 8 rings (SSSR count). The van der Waals surface area contributed by atoms with E-state index in [9.17, 15) is 9.59 Å². The molecule has 0 aromatic heterocycles. The highest BCUT2D eigenvalue weighted by atomic mass is 16.5. The topological polar surface area (TPSA) is 74.3 Å². The van der Waals surface area contributed by atoms with Gasteiger partial charge in [0.25, 0.3) is 11.8 Å². The van der Waals surface area contributed by atoms with Crippen LogP contribution in [0.3, 0.4) is 0 Å². The van der Waals surface area contributed by atoms with E-state index in [1.54, 1.807) is 33.3 Å². The van der Waals surface area contributed by atoms with Crippen LogP contribution in [0.5, 0.6) is 23.0 Å². The summed E-state index contributed by atoms with van der Waals surface area (Å²) in [7, 11) is 6.77. The Morgan fingerprint density at radius 3 is 1.25 bits per heavy atom. The number of benzene rings is 5. The largest absolute Gasteiger partial charge is 0.497 e. The maximum absolute atomic E-state index is 14.6. The lowest BCUT2D eigenvalue weighted by molar-refractivity contribution is 0.0650. The van der Waals surface area contributed by atoms with Crippen molar-refractivity contribution in [3.05, 3.63) is 106 Å². The van der Waals surface area contributed by atoms with Gasteiger partial charge in [0.1, 0.15) is 23.0 Å². The standard InChI is InChI=1S/C52H57NO6/c1-6-7-8-9-10-11-12-13-14-15-28-53-51(54)49-39-26-20-35-29-41(33-16-22-37(56-2)23-17-33)45(58-4)31-43(35)47(39)48-40(50(49)52(53)55)27-21-36-30-42(46(59-5)32-44(36)48)34-18-24-38(57-3)25-19-34/h16-19,22-25,29-32H,6-15,20-21,26-28H2,1-5H3. The monoisotopic (exact) mass is 791 g/mol. The summed E-state index contributed by atoms with van der Waals surface area (Å²) < 4.78 is 23.1. The van der Waals surface area contributed by atoms with E-state index >= 15 is 0 Å². The highest BCUT2D eigenvalue weighted by Crippen LogP contribution is 2.53. The first-order valence-electron chi connectivity index (χ1n) is 21.7. The molecule has 1 heterocycles. The first kappa shape index (κ1) is 40.2. The number of hydrogen-bond acceptors (Lipinski definition) is 6. The molecule has 0 unspecified atom stereocenters. The molecule has 0 saturated carbocycles. The Hall–Kier alpha value is -5.56. The van der Waals surface area contributed by atoms with E-state index in [2.05, 4.69) is 55.5 Å². The zero-order chi connectivity index (χ0) is 41.0. The molecule has 2 amide bonds. The summed E-state index contributed by atoms with van der Waals surface area (Å²) in [6.07, 6.45) is 14.8. The lowest BCUT2D eigenvalue weighted by Crippen LogP contribution is -2.31. The number of amides is 2. The van der Waals surface area contributed by atoms with Crippen LogP contribution in [0.25, 0.3) is 44.5 Å². The van der Waals surface area contributed by atoms with Crippen LogP contribution in [0.4, 0.5) is 0 Å². The Morgan fingerprint density at radius 2 is 0.864 bits per heavy atom. The van der Waals surface area contributed by atoms with Crippen molar-refractivity contribution in [3.63, 3.8) is 0 Å². The molecule has 5 aromatic carbocycles. The quantitative estimate of drug-likeness (QED) is 0.0690. The number of rotatable bonds is 17. The average molecular weight is 792 g/mol. The van der Waals surface area contributed by atoms with Crippen LogP contribution < -0.4 is 18.9 Å². The van der Waals surface area contributed by atoms with Gasteiger partial charge in [0, 0.05) is 17.7 Å². The number of nitrogens with zero attached hydrogens (tertiary/aromatic N) is 1. The fourth-order valence-corrected chi connectivity index (χ4v) is 9.72. The number of unbranched alkanes of at least 4 members (excludes halogenated alkanes) is 9. The van der Waals surface area contributed by atoms with Crippen molar-refractivity contribution >= 4 is 11.8 Å². The fraction of sp³-hybridized carbons (Fsp3) is 0.385. The smallest absolute Gasteiger partial charge is 0.261 e. The van der Waals surface area contributed by atoms with Crippen molar-refractivity contribution in [3.8, 4) is 67.5 Å². The maximum Gasteiger partial charge on any atom is 0.261 e. The van der Waals surface area contributed by atoms with Crippen molar-refractivity contribution in [2.24, 2.45) is 0 Å². The third-order valence-corrected chi connectivity index (χ3v) is 12.8. The lowest BCUT2D eigenvalue weighted by Gasteiger charge is -2.32. The molecule has 2 aliphatic carbocycles. The minimum Gasteiger partial charge on any atom is -0.497 e. The molecule has 0 bridgehead atoms. The van der Waals surface area contributed by atoms with Gasteiger partial charge in [-0.1, -0.05) is 89.0 Å². The van der Waals surface area contributed by atoms with Gasteiger partial charge in [0.15, 0.2) is 0 Å². The van der Waals surface area contributed by atoms with E-state index in [0.717, 1.165) is 111 Å². The summed E-state index contributed by atoms with van der Waals surface area (Å²) in [4.78, 5) is 30.8. The predicted octanol–water partition coefficient (Wildman–Crippen LogP) is 12.1. The van der Waals surface area contributed by atoms with Crippen LogP contribution in [0.1, 0.15) is 114 Å². The lowest BCUT2D eigenvalue weighted by atomic mass is 9.71. The minimum absolute atomic E-state index is 0.136. The predicted molar refractivity (Wildman–Crippen MR) is 236 cm³/mol. The van der Waals surface area contributed by atoms with E-state index in [1.165, 1.54) is 56.1 Å². The second kappa shape index (κ2) is 17.7. The molecule has 0 N–H and O–H groups in total. The van der Waals surface area contributed by atoms with Gasteiger partial charge in [0.05, 0.1) is 39.6 Å². The van der Waals surface area contributed by atoms with Crippen LogP contribution in [0, 0.1) is 0 Å². The van der Waals surface area contributed by atoms with Crippen molar-refractivity contribution in [1.82, 2.24) is 4.90 Å². The van der Waals surface area contributed by atoms with E-state index in [1.807, 2.05) is 24.3 Å². The van der Waals surface area contributed by atoms with Crippen molar-refractivity contribution in [2.75, 3.05) is 35.0 Å². The molecule has 0 atom stereocenters. The zero-order valence-corrected chi connectivity index (χ0v) is 35.4. The molecule has 0 radical (unpaired) electrons. The van der Waals surface area contributed by atoms with Gasteiger partial charge < -0.3 is 18.9 Å². The summed E-state index contributed by atoms with van der Waals surface area (Å²) in [5.41, 5.74) is 13.9. The average Bonchev–Trinajstić information content (AvgIpc) is 3.53. The van der Waals surface area contributed by atoms with Gasteiger partial charge >= 0.3 is 0 Å². The van der Waals surface area contributed by atoms with Gasteiger partial charge in [0.2, 0.25) is 0 Å². The van der Waals surface area contributed by atoms with Gasteiger partial charge in [-0.15, -0.1) is 0 Å². The Labute approximate surface area is 349 Å². The van der Waals surface area contributed by atoms with Crippen LogP contribution in [0.2, 0.25) is 0 Å². The summed E-state index contributed by atoms with van der Waals surface area (Å²) in [6.45, 7) is 2.71. The number of imide groups is 1. The Kier molecular flexibility index (Phi) is 12.1. The molecule has 306 valence electrons. The van der Waals surface area contributed by atoms with Crippen LogP contribution >= 0.6 is 0 Å². The van der Waals surface area contributed by atoms with Crippen molar-refractivity contribution in [1.29, 1.82) is 0 Å². The maximum atomic E-state index is 14.6. The second-order valence-electron chi connectivity index (χ2n) is 16.3. The molecule has 0 fully saturated rings. The van der Waals surface area contributed by atoms with Gasteiger partial charge in [-0.05, 0) is 136 Å². The molecule has 5 aromatic rings. The molecular weight excluding hydrogens is 735 g/mol. The summed E-state index contributed by atoms with van der Waals surface area (Å²) in [5, 5.41) is 0. The number of hydrogen-bond donors (Lipinski definition) is 0. The molecular formula is C52H57NO6. The third-order valence-electron chi connectivity index (χ3n) is 12.8. The first-order chi connectivity index (χ1) is 28.9. The summed E-state index contributed by atoms with van der Waals surface area (Å²) >= 11 is 0. The highest BCUT2D eigenvalue weighted by molar-refractivity contribution is 6.25. The number of carbonyl (C=O) groups is 2. The highest BCUT2D eigenvalue weighted by Gasteiger charge is 2.44. The number of fused-ring (bicyclic) bond motifs is 10. The summed E-state index contributed by atoms with van der Waals surface area (Å²) in [5.74, 6) is 2.83.